The number of rotatable bonds is 6. The molecule has 0 aliphatic rings. The van der Waals surface area contributed by atoms with Gasteiger partial charge in [0, 0.05) is 18.6 Å². The molecule has 0 bridgehead atoms. The van der Waals surface area contributed by atoms with E-state index in [-0.39, 0.29) is 11.0 Å². The van der Waals surface area contributed by atoms with Crippen LogP contribution in [-0.2, 0) is 4.79 Å². The molecule has 1 amide bonds. The maximum Gasteiger partial charge on any atom is 0.226 e. The lowest BCUT2D eigenvalue weighted by Gasteiger charge is -2.14. The van der Waals surface area contributed by atoms with Gasteiger partial charge >= 0.3 is 0 Å². The van der Waals surface area contributed by atoms with Crippen molar-refractivity contribution in [3.8, 4) is 11.5 Å². The van der Waals surface area contributed by atoms with Gasteiger partial charge in [0.25, 0.3) is 0 Å². The number of nitrogens with one attached hydrogen (secondary N) is 2. The number of carbonyl (C=O) groups excluding carboxylic acids is 1. The van der Waals surface area contributed by atoms with Gasteiger partial charge in [0.05, 0.1) is 24.9 Å². The van der Waals surface area contributed by atoms with Crippen LogP contribution < -0.4 is 20.1 Å². The third-order valence-corrected chi connectivity index (χ3v) is 3.23. The molecule has 1 aromatic rings. The molecule has 0 unspecified atom stereocenters. The number of ether oxygens (including phenoxy) is 2. The molecule has 2 N–H and O–H groups in total. The van der Waals surface area contributed by atoms with Gasteiger partial charge in [-0.1, -0.05) is 24.9 Å². The molecule has 0 atom stereocenters. The van der Waals surface area contributed by atoms with Crippen molar-refractivity contribution in [1.82, 2.24) is 5.32 Å². The molecule has 21 heavy (non-hydrogen) atoms. The minimum Gasteiger partial charge on any atom is -0.495 e. The molecular weight excluding hydrogens is 312 g/mol. The van der Waals surface area contributed by atoms with Crippen LogP contribution >= 0.6 is 23.8 Å². The maximum atomic E-state index is 11.6. The molecule has 0 spiro atoms. The molecule has 0 radical (unpaired) electrons. The van der Waals surface area contributed by atoms with Crippen LogP contribution in [0.25, 0.3) is 0 Å². The SMILES string of the molecule is CCCCC(=O)NC(=S)Nc1cc(OC)c(Cl)cc1OC. The average Bonchev–Trinajstić information content (AvgIpc) is 2.46. The van der Waals surface area contributed by atoms with E-state index in [0.29, 0.717) is 28.6 Å². The Kier molecular flexibility index (Phi) is 7.25. The number of hydrogen-bond donors (Lipinski definition) is 2. The molecule has 0 saturated heterocycles. The molecule has 0 saturated carbocycles. The van der Waals surface area contributed by atoms with Gasteiger partial charge in [0.2, 0.25) is 5.91 Å². The first-order chi connectivity index (χ1) is 10.0. The number of carbonyl (C=O) groups is 1. The Balaban J connectivity index is 2.77. The molecule has 1 rings (SSSR count). The van der Waals surface area contributed by atoms with Crippen molar-refractivity contribution in [3.05, 3.63) is 17.2 Å². The lowest BCUT2D eigenvalue weighted by atomic mass is 10.2. The normalized spacial score (nSPS) is 9.90. The fraction of sp³-hybridized carbons (Fsp3) is 0.429. The summed E-state index contributed by atoms with van der Waals surface area (Å²) >= 11 is 11.1. The van der Waals surface area contributed by atoms with E-state index in [0.717, 1.165) is 12.8 Å². The van der Waals surface area contributed by atoms with Gasteiger partial charge in [0.1, 0.15) is 11.5 Å². The summed E-state index contributed by atoms with van der Waals surface area (Å²) in [5, 5.41) is 6.16. The zero-order chi connectivity index (χ0) is 15.8. The first-order valence-electron chi connectivity index (χ1n) is 6.54. The van der Waals surface area contributed by atoms with Crippen molar-refractivity contribution in [3.63, 3.8) is 0 Å². The van der Waals surface area contributed by atoms with Crippen LogP contribution in [0.15, 0.2) is 12.1 Å². The molecule has 5 nitrogen and oxygen atoms in total. The van der Waals surface area contributed by atoms with E-state index in [1.807, 2.05) is 6.92 Å². The van der Waals surface area contributed by atoms with E-state index >= 15 is 0 Å². The summed E-state index contributed by atoms with van der Waals surface area (Å²) in [4.78, 5) is 11.6. The molecular formula is C14H19ClN2O3S. The Morgan fingerprint density at radius 2 is 1.95 bits per heavy atom. The summed E-state index contributed by atoms with van der Waals surface area (Å²) < 4.78 is 10.4. The Morgan fingerprint density at radius 3 is 2.52 bits per heavy atom. The van der Waals surface area contributed by atoms with E-state index in [4.69, 9.17) is 33.3 Å². The van der Waals surface area contributed by atoms with Crippen molar-refractivity contribution in [1.29, 1.82) is 0 Å². The van der Waals surface area contributed by atoms with Crippen molar-refractivity contribution in [2.75, 3.05) is 19.5 Å². The summed E-state index contributed by atoms with van der Waals surface area (Å²) in [6.07, 6.45) is 2.22. The summed E-state index contributed by atoms with van der Waals surface area (Å²) in [5.74, 6) is 0.875. The highest BCUT2D eigenvalue weighted by Gasteiger charge is 2.12. The highest BCUT2D eigenvalue weighted by molar-refractivity contribution is 7.80. The molecule has 0 aromatic heterocycles. The van der Waals surface area contributed by atoms with E-state index in [1.54, 1.807) is 12.1 Å². The topological polar surface area (TPSA) is 59.6 Å². The highest BCUT2D eigenvalue weighted by atomic mass is 35.5. The molecule has 0 fully saturated rings. The van der Waals surface area contributed by atoms with E-state index in [1.165, 1.54) is 14.2 Å². The summed E-state index contributed by atoms with van der Waals surface area (Å²) in [6.45, 7) is 2.02. The van der Waals surface area contributed by atoms with Crippen LogP contribution in [-0.4, -0.2) is 25.2 Å². The average molecular weight is 331 g/mol. The van der Waals surface area contributed by atoms with Gasteiger partial charge in [0.15, 0.2) is 5.11 Å². The number of thiocarbonyl (C=S) groups is 1. The number of anilines is 1. The second-order valence-electron chi connectivity index (χ2n) is 4.29. The standard InChI is InChI=1S/C14H19ClN2O3S/c1-4-5-6-13(18)17-14(21)16-10-8-11(19-2)9(15)7-12(10)20-3/h7-8H,4-6H2,1-3H3,(H2,16,17,18,21). The van der Waals surface area contributed by atoms with Gasteiger partial charge < -0.3 is 20.1 Å². The minimum atomic E-state index is -0.116. The lowest BCUT2D eigenvalue weighted by Crippen LogP contribution is -2.34. The smallest absolute Gasteiger partial charge is 0.226 e. The number of unbranched alkanes of at least 4 members (excludes halogenated alkanes) is 1. The third kappa shape index (κ3) is 5.40. The number of hydrogen-bond acceptors (Lipinski definition) is 4. The van der Waals surface area contributed by atoms with Crippen LogP contribution in [0.5, 0.6) is 11.5 Å². The predicted molar refractivity (Wildman–Crippen MR) is 88.4 cm³/mol. The molecule has 0 aliphatic carbocycles. The second kappa shape index (κ2) is 8.69. The quantitative estimate of drug-likeness (QED) is 0.783. The van der Waals surface area contributed by atoms with Crippen LogP contribution in [0, 0.1) is 0 Å². The van der Waals surface area contributed by atoms with Gasteiger partial charge in [-0.15, -0.1) is 0 Å². The van der Waals surface area contributed by atoms with Crippen molar-refractivity contribution in [2.45, 2.75) is 26.2 Å². The zero-order valence-corrected chi connectivity index (χ0v) is 13.9. The summed E-state index contributed by atoms with van der Waals surface area (Å²) in [7, 11) is 3.04. The van der Waals surface area contributed by atoms with E-state index < -0.39 is 0 Å². The van der Waals surface area contributed by atoms with Crippen LogP contribution in [0.4, 0.5) is 5.69 Å². The molecule has 0 heterocycles. The van der Waals surface area contributed by atoms with Gasteiger partial charge in [-0.2, -0.15) is 0 Å². The summed E-state index contributed by atoms with van der Waals surface area (Å²) in [6, 6.07) is 3.27. The largest absolute Gasteiger partial charge is 0.495 e. The van der Waals surface area contributed by atoms with Crippen LogP contribution in [0.3, 0.4) is 0 Å². The lowest BCUT2D eigenvalue weighted by molar-refractivity contribution is -0.119. The van der Waals surface area contributed by atoms with Gasteiger partial charge in [-0.3, -0.25) is 4.79 Å². The summed E-state index contributed by atoms with van der Waals surface area (Å²) in [5.41, 5.74) is 0.569. The Bertz CT molecular complexity index is 523. The monoisotopic (exact) mass is 330 g/mol. The van der Waals surface area contributed by atoms with E-state index in [9.17, 15) is 4.79 Å². The molecule has 7 heteroatoms. The molecule has 116 valence electrons. The number of halogens is 1. The van der Waals surface area contributed by atoms with Crippen LogP contribution in [0.1, 0.15) is 26.2 Å². The molecule has 0 aliphatic heterocycles. The first kappa shape index (κ1) is 17.5. The van der Waals surface area contributed by atoms with Crippen LogP contribution in [0.2, 0.25) is 5.02 Å². The van der Waals surface area contributed by atoms with Gasteiger partial charge in [-0.05, 0) is 18.6 Å². The number of benzene rings is 1. The van der Waals surface area contributed by atoms with E-state index in [2.05, 4.69) is 10.6 Å². The second-order valence-corrected chi connectivity index (χ2v) is 5.11. The van der Waals surface area contributed by atoms with Crippen molar-refractivity contribution >= 4 is 40.5 Å². The Labute approximate surface area is 135 Å². The maximum absolute atomic E-state index is 11.6. The fourth-order valence-electron chi connectivity index (χ4n) is 1.64. The fourth-order valence-corrected chi connectivity index (χ4v) is 2.09. The Morgan fingerprint density at radius 1 is 1.29 bits per heavy atom. The highest BCUT2D eigenvalue weighted by Crippen LogP contribution is 2.35. The zero-order valence-electron chi connectivity index (χ0n) is 12.3. The Hall–Kier alpha value is -1.53. The number of amides is 1. The first-order valence-corrected chi connectivity index (χ1v) is 7.32. The van der Waals surface area contributed by atoms with Crippen molar-refractivity contribution in [2.24, 2.45) is 0 Å². The number of methoxy groups -OCH3 is 2. The molecule has 1 aromatic carbocycles. The van der Waals surface area contributed by atoms with Gasteiger partial charge in [-0.25, -0.2) is 0 Å². The predicted octanol–water partition coefficient (Wildman–Crippen LogP) is 3.36. The minimum absolute atomic E-state index is 0.116. The third-order valence-electron chi connectivity index (χ3n) is 2.73. The van der Waals surface area contributed by atoms with Crippen molar-refractivity contribution < 1.29 is 14.3 Å².